The lowest BCUT2D eigenvalue weighted by molar-refractivity contribution is 0.509. The number of rotatable bonds is 9. The summed E-state index contributed by atoms with van der Waals surface area (Å²) >= 11 is 0. The molecule has 1 aromatic rings. The first kappa shape index (κ1) is 14.3. The van der Waals surface area contributed by atoms with Gasteiger partial charge in [-0.3, -0.25) is 0 Å². The monoisotopic (exact) mass is 232 g/mol. The molecule has 0 heterocycles. The van der Waals surface area contributed by atoms with Crippen LogP contribution in [0.25, 0.3) is 0 Å². The van der Waals surface area contributed by atoms with Crippen molar-refractivity contribution in [2.45, 2.75) is 71.1 Å². The SMILES string of the molecule is CCCCCCC(CCCC)c1ccccc1. The molecule has 17 heavy (non-hydrogen) atoms. The minimum Gasteiger partial charge on any atom is -0.0654 e. The van der Waals surface area contributed by atoms with Gasteiger partial charge in [-0.2, -0.15) is 0 Å². The third kappa shape index (κ3) is 5.91. The Hall–Kier alpha value is -0.780. The second-order valence-corrected chi connectivity index (χ2v) is 5.10. The van der Waals surface area contributed by atoms with Crippen LogP contribution in [0, 0.1) is 0 Å². The van der Waals surface area contributed by atoms with E-state index >= 15 is 0 Å². The predicted octanol–water partition coefficient (Wildman–Crippen LogP) is 5.93. The van der Waals surface area contributed by atoms with Crippen molar-refractivity contribution in [2.24, 2.45) is 0 Å². The molecule has 1 rings (SSSR count). The molecule has 0 spiro atoms. The van der Waals surface area contributed by atoms with Crippen LogP contribution in [0.15, 0.2) is 30.3 Å². The van der Waals surface area contributed by atoms with Gasteiger partial charge in [0, 0.05) is 0 Å². The van der Waals surface area contributed by atoms with E-state index in [-0.39, 0.29) is 0 Å². The van der Waals surface area contributed by atoms with Crippen molar-refractivity contribution in [3.63, 3.8) is 0 Å². The third-order valence-corrected chi connectivity index (χ3v) is 3.58. The lowest BCUT2D eigenvalue weighted by Crippen LogP contribution is -1.99. The van der Waals surface area contributed by atoms with Gasteiger partial charge in [0.15, 0.2) is 0 Å². The Morgan fingerprint density at radius 1 is 0.765 bits per heavy atom. The van der Waals surface area contributed by atoms with Crippen LogP contribution in [0.2, 0.25) is 0 Å². The molecule has 0 aromatic heterocycles. The molecule has 0 N–H and O–H groups in total. The van der Waals surface area contributed by atoms with Crippen molar-refractivity contribution in [1.29, 1.82) is 0 Å². The van der Waals surface area contributed by atoms with Crippen molar-refractivity contribution in [2.75, 3.05) is 0 Å². The largest absolute Gasteiger partial charge is 0.0654 e. The molecule has 0 saturated heterocycles. The summed E-state index contributed by atoms with van der Waals surface area (Å²) in [6.07, 6.45) is 11.0. The first-order chi connectivity index (χ1) is 8.38. The summed E-state index contributed by atoms with van der Waals surface area (Å²) in [4.78, 5) is 0. The van der Waals surface area contributed by atoms with Crippen molar-refractivity contribution < 1.29 is 0 Å². The maximum atomic E-state index is 2.31. The lowest BCUT2D eigenvalue weighted by atomic mass is 9.89. The summed E-state index contributed by atoms with van der Waals surface area (Å²) in [6.45, 7) is 4.57. The number of unbranched alkanes of at least 4 members (excludes halogenated alkanes) is 4. The minimum absolute atomic E-state index is 0.799. The first-order valence-electron chi connectivity index (χ1n) is 7.43. The smallest absolute Gasteiger partial charge is 0.0162 e. The molecule has 0 bridgehead atoms. The van der Waals surface area contributed by atoms with E-state index in [4.69, 9.17) is 0 Å². The van der Waals surface area contributed by atoms with E-state index in [2.05, 4.69) is 44.2 Å². The van der Waals surface area contributed by atoms with Gasteiger partial charge in [0.25, 0.3) is 0 Å². The Kier molecular flexibility index (Phi) is 7.79. The number of hydrogen-bond acceptors (Lipinski definition) is 0. The molecule has 0 radical (unpaired) electrons. The van der Waals surface area contributed by atoms with Crippen LogP contribution in [-0.2, 0) is 0 Å². The highest BCUT2D eigenvalue weighted by atomic mass is 14.1. The minimum atomic E-state index is 0.799. The van der Waals surface area contributed by atoms with Crippen molar-refractivity contribution >= 4 is 0 Å². The van der Waals surface area contributed by atoms with Crippen LogP contribution in [0.3, 0.4) is 0 Å². The molecule has 0 heteroatoms. The van der Waals surface area contributed by atoms with Gasteiger partial charge in [-0.15, -0.1) is 0 Å². The van der Waals surface area contributed by atoms with E-state index < -0.39 is 0 Å². The topological polar surface area (TPSA) is 0 Å². The van der Waals surface area contributed by atoms with Crippen LogP contribution in [0.5, 0.6) is 0 Å². The maximum absolute atomic E-state index is 2.31. The Morgan fingerprint density at radius 3 is 2.06 bits per heavy atom. The highest BCUT2D eigenvalue weighted by Crippen LogP contribution is 2.27. The Labute approximate surface area is 107 Å². The van der Waals surface area contributed by atoms with Crippen molar-refractivity contribution in [3.8, 4) is 0 Å². The molecular weight excluding hydrogens is 204 g/mol. The lowest BCUT2D eigenvalue weighted by Gasteiger charge is -2.17. The van der Waals surface area contributed by atoms with E-state index in [9.17, 15) is 0 Å². The Morgan fingerprint density at radius 2 is 1.41 bits per heavy atom. The summed E-state index contributed by atoms with van der Waals surface area (Å²) in [5, 5.41) is 0. The third-order valence-electron chi connectivity index (χ3n) is 3.58. The number of hydrogen-bond donors (Lipinski definition) is 0. The molecule has 0 fully saturated rings. The summed E-state index contributed by atoms with van der Waals surface area (Å²) in [5.41, 5.74) is 1.55. The zero-order valence-corrected chi connectivity index (χ0v) is 11.6. The fraction of sp³-hybridized carbons (Fsp3) is 0.647. The fourth-order valence-corrected chi connectivity index (χ4v) is 2.47. The van der Waals surface area contributed by atoms with E-state index in [1.165, 1.54) is 51.4 Å². The molecule has 0 aliphatic carbocycles. The molecule has 0 nitrogen and oxygen atoms in total. The molecular formula is C17H28. The molecule has 1 unspecified atom stereocenters. The second kappa shape index (κ2) is 9.27. The van der Waals surface area contributed by atoms with E-state index in [1.807, 2.05) is 0 Å². The van der Waals surface area contributed by atoms with Crippen molar-refractivity contribution in [3.05, 3.63) is 35.9 Å². The van der Waals surface area contributed by atoms with E-state index in [0.29, 0.717) is 0 Å². The normalized spacial score (nSPS) is 12.6. The maximum Gasteiger partial charge on any atom is -0.0162 e. The van der Waals surface area contributed by atoms with Gasteiger partial charge < -0.3 is 0 Å². The summed E-state index contributed by atoms with van der Waals surface area (Å²) in [7, 11) is 0. The van der Waals surface area contributed by atoms with Crippen molar-refractivity contribution in [1.82, 2.24) is 0 Å². The Bertz CT molecular complexity index is 263. The molecule has 0 aliphatic rings. The fourth-order valence-electron chi connectivity index (χ4n) is 2.47. The van der Waals surface area contributed by atoms with Crippen LogP contribution < -0.4 is 0 Å². The summed E-state index contributed by atoms with van der Waals surface area (Å²) in [6, 6.07) is 11.1. The van der Waals surface area contributed by atoms with Gasteiger partial charge in [-0.1, -0.05) is 82.7 Å². The average Bonchev–Trinajstić information content (AvgIpc) is 2.39. The summed E-state index contributed by atoms with van der Waals surface area (Å²) < 4.78 is 0. The molecule has 1 atom stereocenters. The zero-order valence-electron chi connectivity index (χ0n) is 11.6. The van der Waals surface area contributed by atoms with Gasteiger partial charge in [0.2, 0.25) is 0 Å². The first-order valence-corrected chi connectivity index (χ1v) is 7.43. The number of benzene rings is 1. The van der Waals surface area contributed by atoms with Crippen LogP contribution in [0.4, 0.5) is 0 Å². The van der Waals surface area contributed by atoms with Crippen LogP contribution in [0.1, 0.15) is 76.7 Å². The Balaban J connectivity index is 2.43. The zero-order chi connectivity index (χ0) is 12.3. The van der Waals surface area contributed by atoms with Crippen LogP contribution in [-0.4, -0.2) is 0 Å². The summed E-state index contributed by atoms with van der Waals surface area (Å²) in [5.74, 6) is 0.799. The van der Waals surface area contributed by atoms with E-state index in [1.54, 1.807) is 5.56 Å². The van der Waals surface area contributed by atoms with Crippen LogP contribution >= 0.6 is 0 Å². The second-order valence-electron chi connectivity index (χ2n) is 5.10. The standard InChI is InChI=1S/C17H28/c1-3-5-7-9-13-16(12-6-4-2)17-14-10-8-11-15-17/h8,10-11,14-16H,3-7,9,12-13H2,1-2H3. The molecule has 0 saturated carbocycles. The predicted molar refractivity (Wildman–Crippen MR) is 77.5 cm³/mol. The molecule has 1 aromatic carbocycles. The average molecular weight is 232 g/mol. The van der Waals surface area contributed by atoms with Gasteiger partial charge >= 0.3 is 0 Å². The van der Waals surface area contributed by atoms with Gasteiger partial charge in [0.05, 0.1) is 0 Å². The highest BCUT2D eigenvalue weighted by Gasteiger charge is 2.09. The highest BCUT2D eigenvalue weighted by molar-refractivity contribution is 5.19. The van der Waals surface area contributed by atoms with Gasteiger partial charge in [-0.25, -0.2) is 0 Å². The molecule has 96 valence electrons. The van der Waals surface area contributed by atoms with Gasteiger partial charge in [-0.05, 0) is 24.3 Å². The molecule has 0 amide bonds. The van der Waals surface area contributed by atoms with E-state index in [0.717, 1.165) is 5.92 Å². The quantitative estimate of drug-likeness (QED) is 0.463. The van der Waals surface area contributed by atoms with Gasteiger partial charge in [0.1, 0.15) is 0 Å². The molecule has 0 aliphatic heterocycles.